The van der Waals surface area contributed by atoms with Crippen molar-refractivity contribution in [2.24, 2.45) is 0 Å². The summed E-state index contributed by atoms with van der Waals surface area (Å²) < 4.78 is 22.5. The number of benzene rings is 1. The Kier molecular flexibility index (Phi) is 3.91. The van der Waals surface area contributed by atoms with Crippen LogP contribution in [0.1, 0.15) is 15.9 Å². The first-order valence-electron chi connectivity index (χ1n) is 4.14. The van der Waals surface area contributed by atoms with E-state index in [0.29, 0.717) is 5.56 Å². The lowest BCUT2D eigenvalue weighted by molar-refractivity contribution is 0.0599. The maximum Gasteiger partial charge on any atom is 0.338 e. The number of carbonyl (C=O) groups is 1. The molecule has 1 aromatic carbocycles. The van der Waals surface area contributed by atoms with E-state index in [4.69, 9.17) is 16.3 Å². The Morgan fingerprint density at radius 1 is 1.47 bits per heavy atom. The van der Waals surface area contributed by atoms with Crippen LogP contribution in [0.25, 0.3) is 0 Å². The molecule has 3 nitrogen and oxygen atoms in total. The molecule has 0 spiro atoms. The normalized spacial score (nSPS) is 9.87. The molecule has 1 aromatic rings. The van der Waals surface area contributed by atoms with Gasteiger partial charge in [0.15, 0.2) is 11.6 Å². The van der Waals surface area contributed by atoms with Gasteiger partial charge in [0.05, 0.1) is 19.8 Å². The van der Waals surface area contributed by atoms with Gasteiger partial charge in [0.25, 0.3) is 0 Å². The molecule has 0 N–H and O–H groups in total. The summed E-state index contributed by atoms with van der Waals surface area (Å²) in [5, 5.41) is 0. The lowest BCUT2D eigenvalue weighted by atomic mass is 10.1. The van der Waals surface area contributed by atoms with Crippen LogP contribution in [-0.2, 0) is 10.6 Å². The Labute approximate surface area is 91.7 Å². The van der Waals surface area contributed by atoms with Crippen LogP contribution in [0.3, 0.4) is 0 Å². The van der Waals surface area contributed by atoms with Crippen LogP contribution >= 0.6 is 11.6 Å². The van der Waals surface area contributed by atoms with Gasteiger partial charge < -0.3 is 9.47 Å². The topological polar surface area (TPSA) is 35.5 Å². The first-order valence-corrected chi connectivity index (χ1v) is 4.68. The predicted molar refractivity (Wildman–Crippen MR) is 53.8 cm³/mol. The van der Waals surface area contributed by atoms with Crippen molar-refractivity contribution in [2.45, 2.75) is 5.88 Å². The van der Waals surface area contributed by atoms with Gasteiger partial charge in [0.2, 0.25) is 0 Å². The highest BCUT2D eigenvalue weighted by atomic mass is 35.5. The number of alkyl halides is 1. The number of rotatable bonds is 3. The van der Waals surface area contributed by atoms with Crippen LogP contribution in [0.4, 0.5) is 4.39 Å². The number of hydrogen-bond donors (Lipinski definition) is 0. The number of methoxy groups -OCH3 is 2. The molecule has 15 heavy (non-hydrogen) atoms. The summed E-state index contributed by atoms with van der Waals surface area (Å²) in [5.41, 5.74) is 0.590. The summed E-state index contributed by atoms with van der Waals surface area (Å²) in [6.07, 6.45) is 0. The summed E-state index contributed by atoms with van der Waals surface area (Å²) >= 11 is 5.59. The van der Waals surface area contributed by atoms with E-state index in [0.717, 1.165) is 6.07 Å². The molecule has 0 heterocycles. The molecule has 0 bridgehead atoms. The molecule has 0 aliphatic heterocycles. The van der Waals surface area contributed by atoms with Crippen molar-refractivity contribution in [1.29, 1.82) is 0 Å². The molecule has 82 valence electrons. The summed E-state index contributed by atoms with van der Waals surface area (Å²) in [7, 11) is 2.57. The highest BCUT2D eigenvalue weighted by Gasteiger charge is 2.15. The molecule has 0 atom stereocenters. The van der Waals surface area contributed by atoms with E-state index in [1.807, 2.05) is 0 Å². The van der Waals surface area contributed by atoms with E-state index >= 15 is 0 Å². The van der Waals surface area contributed by atoms with Gasteiger partial charge in [-0.3, -0.25) is 0 Å². The summed E-state index contributed by atoms with van der Waals surface area (Å²) in [4.78, 5) is 11.3. The second-order valence-corrected chi connectivity index (χ2v) is 3.04. The van der Waals surface area contributed by atoms with E-state index in [1.54, 1.807) is 0 Å². The molecule has 0 amide bonds. The highest BCUT2D eigenvalue weighted by Crippen LogP contribution is 2.24. The van der Waals surface area contributed by atoms with Gasteiger partial charge >= 0.3 is 5.97 Å². The SMILES string of the molecule is COC(=O)c1cc(OC)c(F)cc1CCl. The Morgan fingerprint density at radius 3 is 2.60 bits per heavy atom. The molecule has 1 rings (SSSR count). The second-order valence-electron chi connectivity index (χ2n) is 2.77. The van der Waals surface area contributed by atoms with E-state index in [1.165, 1.54) is 20.3 Å². The fourth-order valence-corrected chi connectivity index (χ4v) is 1.38. The van der Waals surface area contributed by atoms with Crippen LogP contribution < -0.4 is 4.74 Å². The lowest BCUT2D eigenvalue weighted by Crippen LogP contribution is -2.06. The third-order valence-electron chi connectivity index (χ3n) is 1.93. The molecule has 0 saturated heterocycles. The summed E-state index contributed by atoms with van der Waals surface area (Å²) in [5.74, 6) is -1.10. The van der Waals surface area contributed by atoms with Gasteiger partial charge in [-0.15, -0.1) is 11.6 Å². The van der Waals surface area contributed by atoms with Gasteiger partial charge in [-0.2, -0.15) is 0 Å². The van der Waals surface area contributed by atoms with Gasteiger partial charge in [-0.05, 0) is 17.7 Å². The second kappa shape index (κ2) is 4.98. The molecule has 0 aliphatic rings. The quantitative estimate of drug-likeness (QED) is 0.593. The molecular formula is C10H10ClFO3. The van der Waals surface area contributed by atoms with Crippen LogP contribution in [0, 0.1) is 5.82 Å². The Morgan fingerprint density at radius 2 is 2.13 bits per heavy atom. The molecule has 0 saturated carbocycles. The maximum absolute atomic E-state index is 13.2. The zero-order valence-corrected chi connectivity index (χ0v) is 9.10. The standard InChI is InChI=1S/C10H10ClFO3/c1-14-9-4-7(10(13)15-2)6(5-11)3-8(9)12/h3-4H,5H2,1-2H3. The Balaban J connectivity index is 3.28. The monoisotopic (exact) mass is 232 g/mol. The number of carbonyl (C=O) groups excluding carboxylic acids is 1. The third kappa shape index (κ3) is 2.39. The Hall–Kier alpha value is -1.29. The fraction of sp³-hybridized carbons (Fsp3) is 0.300. The lowest BCUT2D eigenvalue weighted by Gasteiger charge is -2.08. The minimum absolute atomic E-state index is 0.00994. The zero-order valence-electron chi connectivity index (χ0n) is 8.34. The first kappa shape index (κ1) is 11.8. The van der Waals surface area contributed by atoms with Gasteiger partial charge in [0.1, 0.15) is 0 Å². The minimum Gasteiger partial charge on any atom is -0.494 e. The number of esters is 1. The molecular weight excluding hydrogens is 223 g/mol. The van der Waals surface area contributed by atoms with Crippen molar-refractivity contribution in [2.75, 3.05) is 14.2 Å². The van der Waals surface area contributed by atoms with Crippen LogP contribution in [0.2, 0.25) is 0 Å². The summed E-state index contributed by atoms with van der Waals surface area (Å²) in [6.45, 7) is 0. The number of ether oxygens (including phenoxy) is 2. The predicted octanol–water partition coefficient (Wildman–Crippen LogP) is 2.36. The zero-order chi connectivity index (χ0) is 11.4. The number of hydrogen-bond acceptors (Lipinski definition) is 3. The van der Waals surface area contributed by atoms with Crippen LogP contribution in [0.15, 0.2) is 12.1 Å². The van der Waals surface area contributed by atoms with Gasteiger partial charge in [0, 0.05) is 5.88 Å². The van der Waals surface area contributed by atoms with Crippen molar-refractivity contribution < 1.29 is 18.7 Å². The average Bonchev–Trinajstić information content (AvgIpc) is 2.27. The van der Waals surface area contributed by atoms with E-state index in [9.17, 15) is 9.18 Å². The third-order valence-corrected chi connectivity index (χ3v) is 2.21. The van der Waals surface area contributed by atoms with Crippen LogP contribution in [-0.4, -0.2) is 20.2 Å². The van der Waals surface area contributed by atoms with E-state index in [-0.39, 0.29) is 17.2 Å². The average molecular weight is 233 g/mol. The molecule has 0 unspecified atom stereocenters. The van der Waals surface area contributed by atoms with Crippen molar-refractivity contribution in [3.8, 4) is 5.75 Å². The molecule has 0 aromatic heterocycles. The van der Waals surface area contributed by atoms with Crippen molar-refractivity contribution >= 4 is 17.6 Å². The van der Waals surface area contributed by atoms with Gasteiger partial charge in [-0.25, -0.2) is 9.18 Å². The van der Waals surface area contributed by atoms with E-state index in [2.05, 4.69) is 4.74 Å². The van der Waals surface area contributed by atoms with Crippen molar-refractivity contribution in [3.05, 3.63) is 29.1 Å². The maximum atomic E-state index is 13.2. The van der Waals surface area contributed by atoms with Gasteiger partial charge in [-0.1, -0.05) is 0 Å². The van der Waals surface area contributed by atoms with E-state index < -0.39 is 11.8 Å². The van der Waals surface area contributed by atoms with Crippen molar-refractivity contribution in [1.82, 2.24) is 0 Å². The van der Waals surface area contributed by atoms with Crippen molar-refractivity contribution in [3.63, 3.8) is 0 Å². The molecule has 0 radical (unpaired) electrons. The fourth-order valence-electron chi connectivity index (χ4n) is 1.16. The molecule has 5 heteroatoms. The smallest absolute Gasteiger partial charge is 0.338 e. The largest absolute Gasteiger partial charge is 0.494 e. The minimum atomic E-state index is -0.566. The highest BCUT2D eigenvalue weighted by molar-refractivity contribution is 6.17. The molecule has 0 fully saturated rings. The summed E-state index contributed by atoms with van der Waals surface area (Å²) in [6, 6.07) is 2.44. The molecule has 0 aliphatic carbocycles. The number of halogens is 2. The van der Waals surface area contributed by atoms with Crippen LogP contribution in [0.5, 0.6) is 5.75 Å². The first-order chi connectivity index (χ1) is 7.13. The Bertz CT molecular complexity index is 379.